The van der Waals surface area contributed by atoms with Crippen molar-refractivity contribution in [1.29, 1.82) is 0 Å². The number of esters is 1. The Bertz CT molecular complexity index is 1180. The van der Waals surface area contributed by atoms with Gasteiger partial charge in [-0.1, -0.05) is 0 Å². The molecule has 0 fully saturated rings. The predicted molar refractivity (Wildman–Crippen MR) is 113 cm³/mol. The normalized spacial score (nSPS) is 11.3. The lowest BCUT2D eigenvalue weighted by Crippen LogP contribution is -2.20. The summed E-state index contributed by atoms with van der Waals surface area (Å²) in [5.74, 6) is 0.103. The number of aromatic nitrogens is 2. The third-order valence-corrected chi connectivity index (χ3v) is 4.64. The first-order valence-corrected chi connectivity index (χ1v) is 9.32. The zero-order valence-electron chi connectivity index (χ0n) is 17.6. The second kappa shape index (κ2) is 9.29. The molecule has 0 saturated heterocycles. The van der Waals surface area contributed by atoms with E-state index in [9.17, 15) is 14.0 Å². The summed E-state index contributed by atoms with van der Waals surface area (Å²) in [5, 5.41) is 2.91. The van der Waals surface area contributed by atoms with Crippen LogP contribution in [-0.2, 0) is 16.0 Å². The van der Waals surface area contributed by atoms with Crippen LogP contribution >= 0.6 is 0 Å². The van der Waals surface area contributed by atoms with Gasteiger partial charge in [-0.25, -0.2) is 14.1 Å². The lowest BCUT2D eigenvalue weighted by Gasteiger charge is -2.08. The van der Waals surface area contributed by atoms with E-state index in [0.717, 1.165) is 0 Å². The van der Waals surface area contributed by atoms with Crippen molar-refractivity contribution < 1.29 is 23.4 Å². The summed E-state index contributed by atoms with van der Waals surface area (Å²) in [7, 11) is 4.31. The standard InChI is InChI=1S/C22H22FN3O5/c1-13(24-17-11-16(29-2)9-10-19(17)30-3)21-18(12-20(27)31-4)25-26(22(21)28)15-7-5-14(23)6-8-15/h5-11,25H,12H2,1-4H3. The molecule has 0 aliphatic rings. The number of hydrogen-bond donors (Lipinski definition) is 1. The number of nitrogens with zero attached hydrogens (tertiary/aromatic N) is 2. The van der Waals surface area contributed by atoms with Gasteiger partial charge in [-0.3, -0.25) is 14.7 Å². The van der Waals surface area contributed by atoms with Crippen LogP contribution in [0.15, 0.2) is 52.3 Å². The minimum absolute atomic E-state index is 0.169. The van der Waals surface area contributed by atoms with Crippen molar-refractivity contribution in [2.75, 3.05) is 21.3 Å². The molecule has 1 N–H and O–H groups in total. The van der Waals surface area contributed by atoms with Crippen LogP contribution in [0.5, 0.6) is 11.5 Å². The molecule has 1 heterocycles. The number of benzene rings is 2. The SMILES string of the molecule is COC(=O)Cc1[nH]n(-c2ccc(F)cc2)c(=O)c1C(C)=Nc1cc(OC)ccc1OC. The van der Waals surface area contributed by atoms with E-state index in [0.29, 0.717) is 34.3 Å². The predicted octanol–water partition coefficient (Wildman–Crippen LogP) is 3.18. The Morgan fingerprint density at radius 1 is 1.10 bits per heavy atom. The topological polar surface area (TPSA) is 94.9 Å². The van der Waals surface area contributed by atoms with Crippen molar-refractivity contribution in [2.45, 2.75) is 13.3 Å². The molecule has 8 nitrogen and oxygen atoms in total. The molecular weight excluding hydrogens is 405 g/mol. The summed E-state index contributed by atoms with van der Waals surface area (Å²) in [6.45, 7) is 1.65. The van der Waals surface area contributed by atoms with Crippen LogP contribution in [0.2, 0.25) is 0 Å². The molecule has 0 saturated carbocycles. The maximum Gasteiger partial charge on any atom is 0.311 e. The van der Waals surface area contributed by atoms with Gasteiger partial charge in [-0.15, -0.1) is 0 Å². The molecule has 0 bridgehead atoms. The molecule has 0 spiro atoms. The molecule has 3 rings (SSSR count). The zero-order valence-corrected chi connectivity index (χ0v) is 17.6. The van der Waals surface area contributed by atoms with E-state index in [2.05, 4.69) is 10.1 Å². The first kappa shape index (κ1) is 21.8. The molecule has 1 aromatic heterocycles. The highest BCUT2D eigenvalue weighted by atomic mass is 19.1. The molecule has 31 heavy (non-hydrogen) atoms. The number of methoxy groups -OCH3 is 3. The highest BCUT2D eigenvalue weighted by Crippen LogP contribution is 2.32. The van der Waals surface area contributed by atoms with E-state index in [1.807, 2.05) is 0 Å². The molecule has 0 atom stereocenters. The van der Waals surface area contributed by atoms with Gasteiger partial charge < -0.3 is 14.2 Å². The Labute approximate surface area is 177 Å². The van der Waals surface area contributed by atoms with Gasteiger partial charge in [-0.05, 0) is 43.3 Å². The molecule has 9 heteroatoms. The van der Waals surface area contributed by atoms with Gasteiger partial charge in [0.1, 0.15) is 23.0 Å². The summed E-state index contributed by atoms with van der Waals surface area (Å²) in [6, 6.07) is 10.5. The van der Waals surface area contributed by atoms with E-state index in [4.69, 9.17) is 14.2 Å². The van der Waals surface area contributed by atoms with Crippen LogP contribution in [0.3, 0.4) is 0 Å². The van der Waals surface area contributed by atoms with Crippen LogP contribution in [-0.4, -0.2) is 42.8 Å². The number of halogens is 1. The largest absolute Gasteiger partial charge is 0.497 e. The number of carbonyl (C=O) groups is 1. The van der Waals surface area contributed by atoms with E-state index < -0.39 is 17.3 Å². The molecule has 0 unspecified atom stereocenters. The minimum Gasteiger partial charge on any atom is -0.497 e. The van der Waals surface area contributed by atoms with Crippen LogP contribution < -0.4 is 15.0 Å². The van der Waals surface area contributed by atoms with Crippen LogP contribution in [0, 0.1) is 5.82 Å². The fourth-order valence-electron chi connectivity index (χ4n) is 3.09. The van der Waals surface area contributed by atoms with Gasteiger partial charge in [0.05, 0.1) is 50.4 Å². The van der Waals surface area contributed by atoms with Crippen molar-refractivity contribution >= 4 is 17.4 Å². The summed E-state index contributed by atoms with van der Waals surface area (Å²) < 4.78 is 29.9. The summed E-state index contributed by atoms with van der Waals surface area (Å²) in [4.78, 5) is 29.7. The average Bonchev–Trinajstić information content (AvgIpc) is 3.09. The maximum atomic E-state index is 13.3. The van der Waals surface area contributed by atoms with Gasteiger partial charge in [0.15, 0.2) is 0 Å². The lowest BCUT2D eigenvalue weighted by molar-refractivity contribution is -0.139. The molecule has 162 valence electrons. The average molecular weight is 427 g/mol. The third kappa shape index (κ3) is 4.66. The number of H-pyrrole nitrogens is 1. The lowest BCUT2D eigenvalue weighted by atomic mass is 10.1. The Hall–Kier alpha value is -3.88. The van der Waals surface area contributed by atoms with Gasteiger partial charge in [0.2, 0.25) is 0 Å². The van der Waals surface area contributed by atoms with Crippen molar-refractivity contribution in [3.05, 3.63) is 69.9 Å². The number of hydrogen-bond acceptors (Lipinski definition) is 6. The van der Waals surface area contributed by atoms with Gasteiger partial charge in [0.25, 0.3) is 5.56 Å². The van der Waals surface area contributed by atoms with E-state index in [-0.39, 0.29) is 12.0 Å². The Kier molecular flexibility index (Phi) is 6.54. The summed E-state index contributed by atoms with van der Waals surface area (Å²) in [6.07, 6.45) is -0.169. The molecule has 0 amide bonds. The first-order chi connectivity index (χ1) is 14.9. The number of nitrogens with one attached hydrogen (secondary N) is 1. The molecule has 3 aromatic rings. The maximum absolute atomic E-state index is 13.3. The Balaban J connectivity index is 2.16. The van der Waals surface area contributed by atoms with Crippen molar-refractivity contribution in [2.24, 2.45) is 4.99 Å². The van der Waals surface area contributed by atoms with Crippen LogP contribution in [0.25, 0.3) is 5.69 Å². The summed E-state index contributed by atoms with van der Waals surface area (Å²) in [5.41, 5.74) is 1.32. The Morgan fingerprint density at radius 2 is 1.81 bits per heavy atom. The highest BCUT2D eigenvalue weighted by Gasteiger charge is 2.21. The third-order valence-electron chi connectivity index (χ3n) is 4.64. The highest BCUT2D eigenvalue weighted by molar-refractivity contribution is 6.02. The first-order valence-electron chi connectivity index (χ1n) is 9.32. The van der Waals surface area contributed by atoms with Gasteiger partial charge in [-0.2, -0.15) is 0 Å². The fourth-order valence-corrected chi connectivity index (χ4v) is 3.09. The van der Waals surface area contributed by atoms with Crippen molar-refractivity contribution in [3.8, 4) is 17.2 Å². The van der Waals surface area contributed by atoms with Crippen LogP contribution in [0.1, 0.15) is 18.2 Å². The zero-order chi connectivity index (χ0) is 22.5. The molecule has 0 aliphatic carbocycles. The number of carbonyl (C=O) groups excluding carboxylic acids is 1. The summed E-state index contributed by atoms with van der Waals surface area (Å²) >= 11 is 0. The second-order valence-corrected chi connectivity index (χ2v) is 6.57. The number of ether oxygens (including phenoxy) is 3. The fraction of sp³-hybridized carbons (Fsp3) is 0.227. The quantitative estimate of drug-likeness (QED) is 0.462. The Morgan fingerprint density at radius 3 is 2.42 bits per heavy atom. The van der Waals surface area contributed by atoms with E-state index in [1.165, 1.54) is 50.3 Å². The van der Waals surface area contributed by atoms with Crippen molar-refractivity contribution in [3.63, 3.8) is 0 Å². The minimum atomic E-state index is -0.527. The number of aliphatic imine (C=N–C) groups is 1. The van der Waals surface area contributed by atoms with Gasteiger partial charge in [0, 0.05) is 6.07 Å². The molecule has 2 aromatic carbocycles. The number of aromatic amines is 1. The van der Waals surface area contributed by atoms with E-state index >= 15 is 0 Å². The van der Waals surface area contributed by atoms with Crippen molar-refractivity contribution in [1.82, 2.24) is 9.78 Å². The van der Waals surface area contributed by atoms with Crippen LogP contribution in [0.4, 0.5) is 10.1 Å². The molecule has 0 aliphatic heterocycles. The second-order valence-electron chi connectivity index (χ2n) is 6.57. The number of rotatable bonds is 7. The van der Waals surface area contributed by atoms with Gasteiger partial charge >= 0.3 is 5.97 Å². The monoisotopic (exact) mass is 427 g/mol. The molecular formula is C22H22FN3O5. The van der Waals surface area contributed by atoms with E-state index in [1.54, 1.807) is 25.1 Å². The smallest absolute Gasteiger partial charge is 0.311 e. The molecule has 0 radical (unpaired) electrons.